The number of halogens is 1. The Hall–Kier alpha value is -1.47. The third kappa shape index (κ3) is 4.96. The number of phenolic OH excluding ortho intramolecular Hbond substituents is 1. The van der Waals surface area contributed by atoms with Gasteiger partial charge in [-0.25, -0.2) is 13.2 Å². The molecule has 0 spiro atoms. The second kappa shape index (κ2) is 5.26. The lowest BCUT2D eigenvalue weighted by Crippen LogP contribution is -2.27. The molecule has 2 N–H and O–H groups in total. The summed E-state index contributed by atoms with van der Waals surface area (Å²) in [5, 5.41) is 11.9. The van der Waals surface area contributed by atoms with E-state index in [2.05, 4.69) is 5.32 Å². The number of nitrogens with one attached hydrogen (secondary N) is 1. The first kappa shape index (κ1) is 15.6. The van der Waals surface area contributed by atoms with Gasteiger partial charge in [-0.15, -0.1) is 0 Å². The van der Waals surface area contributed by atoms with Gasteiger partial charge in [-0.2, -0.15) is 0 Å². The molecule has 0 heterocycles. The Kier molecular flexibility index (Phi) is 4.32. The number of hydrogen-bond acceptors (Lipinski definition) is 5. The average Bonchev–Trinajstić information content (AvgIpc) is 2.16. The van der Waals surface area contributed by atoms with Crippen LogP contribution in [-0.2, 0) is 13.8 Å². The highest BCUT2D eigenvalue weighted by molar-refractivity contribution is 8.13. The maximum atomic E-state index is 11.5. The summed E-state index contributed by atoms with van der Waals surface area (Å²) < 4.78 is 27.1. The molecule has 0 atom stereocenters. The van der Waals surface area contributed by atoms with Crippen molar-refractivity contribution < 1.29 is 23.1 Å². The van der Waals surface area contributed by atoms with E-state index >= 15 is 0 Å². The standard InChI is InChI=1S/C11H14ClNO5S/c1-11(2,3)18-10(15)13-8-5-4-7(6-9(8)14)19(12,16)17/h4-6,14H,1-3H3,(H,13,15). The summed E-state index contributed by atoms with van der Waals surface area (Å²) in [5.41, 5.74) is -0.655. The minimum atomic E-state index is -3.93. The lowest BCUT2D eigenvalue weighted by atomic mass is 10.2. The van der Waals surface area contributed by atoms with E-state index in [4.69, 9.17) is 15.4 Å². The SMILES string of the molecule is CC(C)(C)OC(=O)Nc1ccc(S(=O)(=O)Cl)cc1O. The van der Waals surface area contributed by atoms with Gasteiger partial charge < -0.3 is 9.84 Å². The molecule has 0 saturated carbocycles. The molecule has 0 aliphatic carbocycles. The van der Waals surface area contributed by atoms with Crippen LogP contribution in [0.2, 0.25) is 0 Å². The van der Waals surface area contributed by atoms with Crippen LogP contribution < -0.4 is 5.32 Å². The van der Waals surface area contributed by atoms with Gasteiger partial charge in [0.1, 0.15) is 11.4 Å². The van der Waals surface area contributed by atoms with Gasteiger partial charge in [-0.3, -0.25) is 5.32 Å². The molecule has 6 nitrogen and oxygen atoms in total. The van der Waals surface area contributed by atoms with Gasteiger partial charge in [0.15, 0.2) is 0 Å². The summed E-state index contributed by atoms with van der Waals surface area (Å²) in [6.45, 7) is 5.07. The zero-order valence-electron chi connectivity index (χ0n) is 10.6. The smallest absolute Gasteiger partial charge is 0.412 e. The molecule has 0 radical (unpaired) electrons. The number of hydrogen-bond donors (Lipinski definition) is 2. The second-order valence-electron chi connectivity index (χ2n) is 4.74. The van der Waals surface area contributed by atoms with E-state index in [1.807, 2.05) is 0 Å². The lowest BCUT2D eigenvalue weighted by Gasteiger charge is -2.19. The molecule has 0 saturated heterocycles. The van der Waals surface area contributed by atoms with Crippen molar-refractivity contribution >= 4 is 31.5 Å². The van der Waals surface area contributed by atoms with Crippen molar-refractivity contribution in [3.8, 4) is 5.75 Å². The van der Waals surface area contributed by atoms with Crippen molar-refractivity contribution in [1.82, 2.24) is 0 Å². The molecule has 0 fully saturated rings. The first-order chi connectivity index (χ1) is 8.49. The van der Waals surface area contributed by atoms with Crippen LogP contribution in [0.5, 0.6) is 5.75 Å². The van der Waals surface area contributed by atoms with Crippen LogP contribution in [-0.4, -0.2) is 25.2 Å². The molecule has 0 aliphatic heterocycles. The number of carbonyl (C=O) groups is 1. The summed E-state index contributed by atoms with van der Waals surface area (Å²) in [4.78, 5) is 11.2. The van der Waals surface area contributed by atoms with Crippen molar-refractivity contribution in [2.24, 2.45) is 0 Å². The number of aromatic hydroxyl groups is 1. The van der Waals surface area contributed by atoms with Gasteiger partial charge in [0, 0.05) is 16.7 Å². The number of phenols is 1. The Morgan fingerprint density at radius 3 is 2.37 bits per heavy atom. The highest BCUT2D eigenvalue weighted by atomic mass is 35.7. The fourth-order valence-electron chi connectivity index (χ4n) is 1.18. The molecule has 1 aromatic carbocycles. The molecule has 106 valence electrons. The van der Waals surface area contributed by atoms with Gasteiger partial charge in [0.2, 0.25) is 0 Å². The number of amides is 1. The van der Waals surface area contributed by atoms with Crippen LogP contribution >= 0.6 is 10.7 Å². The molecule has 1 rings (SSSR count). The normalized spacial score (nSPS) is 12.0. The zero-order valence-corrected chi connectivity index (χ0v) is 12.2. The molecule has 0 aliphatic rings. The fraction of sp³-hybridized carbons (Fsp3) is 0.364. The molecular formula is C11H14ClNO5S. The van der Waals surface area contributed by atoms with E-state index in [-0.39, 0.29) is 10.6 Å². The van der Waals surface area contributed by atoms with Crippen molar-refractivity contribution in [1.29, 1.82) is 0 Å². The summed E-state index contributed by atoms with van der Waals surface area (Å²) in [7, 11) is 1.19. The third-order valence-electron chi connectivity index (χ3n) is 1.89. The van der Waals surface area contributed by atoms with Gasteiger partial charge in [0.25, 0.3) is 9.05 Å². The predicted octanol–water partition coefficient (Wildman–Crippen LogP) is 2.67. The molecule has 0 aromatic heterocycles. The Balaban J connectivity index is 2.90. The van der Waals surface area contributed by atoms with E-state index in [0.717, 1.165) is 12.1 Å². The minimum absolute atomic E-state index is 0.0262. The summed E-state index contributed by atoms with van der Waals surface area (Å²) in [6.07, 6.45) is -0.760. The quantitative estimate of drug-likeness (QED) is 0.647. The first-order valence-electron chi connectivity index (χ1n) is 5.27. The van der Waals surface area contributed by atoms with Gasteiger partial charge in [-0.1, -0.05) is 0 Å². The molecule has 1 aromatic rings. The van der Waals surface area contributed by atoms with E-state index in [1.54, 1.807) is 20.8 Å². The number of carbonyl (C=O) groups excluding carboxylic acids is 1. The topological polar surface area (TPSA) is 92.7 Å². The highest BCUT2D eigenvalue weighted by Crippen LogP contribution is 2.28. The van der Waals surface area contributed by atoms with Crippen LogP contribution in [0, 0.1) is 0 Å². The molecule has 19 heavy (non-hydrogen) atoms. The van der Waals surface area contributed by atoms with E-state index < -0.39 is 26.5 Å². The Bertz CT molecular complexity index is 592. The molecule has 0 unspecified atom stereocenters. The number of rotatable bonds is 2. The maximum absolute atomic E-state index is 11.5. The monoisotopic (exact) mass is 307 g/mol. The van der Waals surface area contributed by atoms with Crippen molar-refractivity contribution in [3.05, 3.63) is 18.2 Å². The predicted molar refractivity (Wildman–Crippen MR) is 71.0 cm³/mol. The van der Waals surface area contributed by atoms with Crippen molar-refractivity contribution in [2.45, 2.75) is 31.3 Å². The van der Waals surface area contributed by atoms with Crippen LogP contribution in [0.1, 0.15) is 20.8 Å². The van der Waals surface area contributed by atoms with E-state index in [9.17, 15) is 18.3 Å². The molecule has 0 bridgehead atoms. The number of ether oxygens (including phenoxy) is 1. The molecule has 8 heteroatoms. The van der Waals surface area contributed by atoms with Gasteiger partial charge in [0.05, 0.1) is 10.6 Å². The van der Waals surface area contributed by atoms with E-state index in [1.165, 1.54) is 6.07 Å². The van der Waals surface area contributed by atoms with Crippen LogP contribution in [0.15, 0.2) is 23.1 Å². The number of anilines is 1. The molecular weight excluding hydrogens is 294 g/mol. The highest BCUT2D eigenvalue weighted by Gasteiger charge is 2.18. The van der Waals surface area contributed by atoms with Gasteiger partial charge in [-0.05, 0) is 32.9 Å². The lowest BCUT2D eigenvalue weighted by molar-refractivity contribution is 0.0635. The largest absolute Gasteiger partial charge is 0.506 e. The maximum Gasteiger partial charge on any atom is 0.412 e. The third-order valence-corrected chi connectivity index (χ3v) is 3.24. The van der Waals surface area contributed by atoms with Crippen molar-refractivity contribution in [3.63, 3.8) is 0 Å². The van der Waals surface area contributed by atoms with E-state index in [0.29, 0.717) is 0 Å². The first-order valence-corrected chi connectivity index (χ1v) is 7.58. The summed E-state index contributed by atoms with van der Waals surface area (Å²) in [5.74, 6) is -0.424. The zero-order chi connectivity index (χ0) is 14.8. The van der Waals surface area contributed by atoms with Crippen LogP contribution in [0.4, 0.5) is 10.5 Å². The second-order valence-corrected chi connectivity index (χ2v) is 7.31. The fourth-order valence-corrected chi connectivity index (χ4v) is 1.95. The Morgan fingerprint density at radius 2 is 1.95 bits per heavy atom. The van der Waals surface area contributed by atoms with Crippen LogP contribution in [0.25, 0.3) is 0 Å². The van der Waals surface area contributed by atoms with Gasteiger partial charge >= 0.3 is 6.09 Å². The summed E-state index contributed by atoms with van der Waals surface area (Å²) >= 11 is 0. The number of benzene rings is 1. The average molecular weight is 308 g/mol. The van der Waals surface area contributed by atoms with Crippen LogP contribution in [0.3, 0.4) is 0 Å². The van der Waals surface area contributed by atoms with Crippen molar-refractivity contribution in [2.75, 3.05) is 5.32 Å². The summed E-state index contributed by atoms with van der Waals surface area (Å²) in [6, 6.07) is 3.32. The minimum Gasteiger partial charge on any atom is -0.506 e. The Labute approximate surface area is 115 Å². The molecule has 1 amide bonds. The Morgan fingerprint density at radius 1 is 1.37 bits per heavy atom.